The molecule has 1 saturated carbocycles. The fourth-order valence-corrected chi connectivity index (χ4v) is 2.36. The van der Waals surface area contributed by atoms with Crippen LogP contribution in [0.3, 0.4) is 0 Å². The van der Waals surface area contributed by atoms with E-state index in [0.717, 1.165) is 0 Å². The molecule has 2 fully saturated rings. The number of hydrogen-bond donors (Lipinski definition) is 1. The van der Waals surface area contributed by atoms with Crippen molar-refractivity contribution in [1.82, 2.24) is 5.32 Å². The number of carbonyl (C=O) groups is 1. The summed E-state index contributed by atoms with van der Waals surface area (Å²) in [5, 5.41) is 3.02. The minimum atomic E-state index is 0.169. The minimum Gasteiger partial charge on any atom is -0.378 e. The molecule has 0 aromatic heterocycles. The van der Waals surface area contributed by atoms with Crippen LogP contribution in [-0.4, -0.2) is 30.0 Å². The first kappa shape index (κ1) is 10.4. The summed E-state index contributed by atoms with van der Waals surface area (Å²) < 4.78 is 5.25. The van der Waals surface area contributed by atoms with E-state index in [0.29, 0.717) is 25.6 Å². The Balaban J connectivity index is 1.70. The van der Waals surface area contributed by atoms with Crippen molar-refractivity contribution in [2.75, 3.05) is 13.2 Å². The molecule has 0 radical (unpaired) electrons. The summed E-state index contributed by atoms with van der Waals surface area (Å²) in [4.78, 5) is 11.8. The number of nitrogens with one attached hydrogen (secondary N) is 1. The van der Waals surface area contributed by atoms with Gasteiger partial charge in [0.1, 0.15) is 0 Å². The van der Waals surface area contributed by atoms with Crippen molar-refractivity contribution in [3.05, 3.63) is 0 Å². The first-order valence-corrected chi connectivity index (χ1v) is 6.18. The van der Waals surface area contributed by atoms with E-state index in [2.05, 4.69) is 21.2 Å². The van der Waals surface area contributed by atoms with Gasteiger partial charge in [-0.05, 0) is 18.8 Å². The molecule has 0 bridgehead atoms. The van der Waals surface area contributed by atoms with Crippen LogP contribution < -0.4 is 5.32 Å². The zero-order chi connectivity index (χ0) is 9.97. The first-order valence-electron chi connectivity index (χ1n) is 5.27. The third-order valence-electron chi connectivity index (χ3n) is 3.06. The van der Waals surface area contributed by atoms with Gasteiger partial charge in [-0.2, -0.15) is 0 Å². The molecule has 80 valence electrons. The van der Waals surface area contributed by atoms with E-state index in [1.165, 1.54) is 19.3 Å². The molecular formula is C10H16BrNO2. The fourth-order valence-electron chi connectivity index (χ4n) is 1.89. The topological polar surface area (TPSA) is 38.3 Å². The van der Waals surface area contributed by atoms with Crippen molar-refractivity contribution in [3.63, 3.8) is 0 Å². The first-order chi connectivity index (χ1) is 6.75. The van der Waals surface area contributed by atoms with Crippen LogP contribution in [0, 0.1) is 5.92 Å². The number of rotatable bonds is 3. The molecular weight excluding hydrogens is 246 g/mol. The van der Waals surface area contributed by atoms with Gasteiger partial charge in [-0.3, -0.25) is 4.79 Å². The molecule has 2 unspecified atom stereocenters. The Morgan fingerprint density at radius 1 is 1.43 bits per heavy atom. The lowest BCUT2D eigenvalue weighted by Gasteiger charge is -2.25. The number of halogens is 1. The maximum atomic E-state index is 11.6. The standard InChI is InChI=1S/C10H16BrNO2/c11-8-5-14-6-9(8)12-10(13)4-7-2-1-3-7/h7-9H,1-6H2,(H,12,13). The largest absolute Gasteiger partial charge is 0.378 e. The predicted octanol–water partition coefficient (Wildman–Crippen LogP) is 1.46. The van der Waals surface area contributed by atoms with E-state index < -0.39 is 0 Å². The van der Waals surface area contributed by atoms with Crippen molar-refractivity contribution < 1.29 is 9.53 Å². The molecule has 1 aliphatic heterocycles. The monoisotopic (exact) mass is 261 g/mol. The molecule has 14 heavy (non-hydrogen) atoms. The summed E-state index contributed by atoms with van der Waals surface area (Å²) >= 11 is 3.49. The summed E-state index contributed by atoms with van der Waals surface area (Å²) in [6.45, 7) is 1.35. The Morgan fingerprint density at radius 2 is 2.21 bits per heavy atom. The van der Waals surface area contributed by atoms with E-state index in [9.17, 15) is 4.79 Å². The lowest BCUT2D eigenvalue weighted by molar-refractivity contribution is -0.123. The quantitative estimate of drug-likeness (QED) is 0.782. The van der Waals surface area contributed by atoms with Crippen LogP contribution in [0.2, 0.25) is 0 Å². The highest BCUT2D eigenvalue weighted by molar-refractivity contribution is 9.09. The third kappa shape index (κ3) is 2.48. The highest BCUT2D eigenvalue weighted by Crippen LogP contribution is 2.29. The van der Waals surface area contributed by atoms with Crippen molar-refractivity contribution >= 4 is 21.8 Å². The van der Waals surface area contributed by atoms with Crippen molar-refractivity contribution in [1.29, 1.82) is 0 Å². The summed E-state index contributed by atoms with van der Waals surface area (Å²) in [6.07, 6.45) is 4.46. The average Bonchev–Trinajstić information content (AvgIpc) is 2.45. The molecule has 0 aromatic rings. The third-order valence-corrected chi connectivity index (χ3v) is 3.96. The highest BCUT2D eigenvalue weighted by atomic mass is 79.9. The van der Waals surface area contributed by atoms with Crippen molar-refractivity contribution in [3.8, 4) is 0 Å². The molecule has 4 heteroatoms. The van der Waals surface area contributed by atoms with E-state index in [4.69, 9.17) is 4.74 Å². The van der Waals surface area contributed by atoms with Gasteiger partial charge in [0, 0.05) is 6.42 Å². The molecule has 1 N–H and O–H groups in total. The summed E-state index contributed by atoms with van der Waals surface area (Å²) in [5.41, 5.74) is 0. The maximum Gasteiger partial charge on any atom is 0.220 e. The average molecular weight is 262 g/mol. The van der Waals surface area contributed by atoms with Crippen molar-refractivity contribution in [2.45, 2.75) is 36.6 Å². The summed E-state index contributed by atoms with van der Waals surface area (Å²) in [6, 6.07) is 0.169. The number of alkyl halides is 1. The van der Waals surface area contributed by atoms with Crippen LogP contribution in [0.15, 0.2) is 0 Å². The molecule has 0 aromatic carbocycles. The van der Waals surface area contributed by atoms with Gasteiger partial charge in [0.2, 0.25) is 5.91 Å². The Bertz CT molecular complexity index is 218. The van der Waals surface area contributed by atoms with E-state index in [1.807, 2.05) is 0 Å². The second-order valence-corrected chi connectivity index (χ2v) is 5.40. The molecule has 1 amide bonds. The molecule has 2 aliphatic rings. The minimum absolute atomic E-state index is 0.169. The molecule has 1 aliphatic carbocycles. The number of ether oxygens (including phenoxy) is 1. The van der Waals surface area contributed by atoms with Gasteiger partial charge in [0.25, 0.3) is 0 Å². The second kappa shape index (κ2) is 4.62. The number of amides is 1. The number of hydrogen-bond acceptors (Lipinski definition) is 2. The Labute approximate surface area is 92.7 Å². The van der Waals surface area contributed by atoms with Gasteiger partial charge in [-0.15, -0.1) is 0 Å². The lowest BCUT2D eigenvalue weighted by atomic mass is 9.83. The second-order valence-electron chi connectivity index (χ2n) is 4.23. The Morgan fingerprint density at radius 3 is 2.71 bits per heavy atom. The Hall–Kier alpha value is -0.0900. The van der Waals surface area contributed by atoms with Gasteiger partial charge >= 0.3 is 0 Å². The predicted molar refractivity (Wildman–Crippen MR) is 57.4 cm³/mol. The van der Waals surface area contributed by atoms with Gasteiger partial charge in [-0.25, -0.2) is 0 Å². The van der Waals surface area contributed by atoms with Gasteiger partial charge in [-0.1, -0.05) is 22.4 Å². The Kier molecular flexibility index (Phi) is 3.44. The van der Waals surface area contributed by atoms with E-state index in [1.54, 1.807) is 0 Å². The molecule has 2 atom stereocenters. The smallest absolute Gasteiger partial charge is 0.220 e. The maximum absolute atomic E-state index is 11.6. The van der Waals surface area contributed by atoms with Gasteiger partial charge in [0.05, 0.1) is 24.1 Å². The van der Waals surface area contributed by atoms with Crippen LogP contribution >= 0.6 is 15.9 Å². The molecule has 1 saturated heterocycles. The van der Waals surface area contributed by atoms with Crippen LogP contribution in [0.1, 0.15) is 25.7 Å². The van der Waals surface area contributed by atoms with Crippen LogP contribution in [-0.2, 0) is 9.53 Å². The highest BCUT2D eigenvalue weighted by Gasteiger charge is 2.28. The van der Waals surface area contributed by atoms with Gasteiger partial charge < -0.3 is 10.1 Å². The molecule has 3 nitrogen and oxygen atoms in total. The number of carbonyl (C=O) groups excluding carboxylic acids is 1. The van der Waals surface area contributed by atoms with Crippen LogP contribution in [0.25, 0.3) is 0 Å². The fraction of sp³-hybridized carbons (Fsp3) is 0.900. The molecule has 0 spiro atoms. The zero-order valence-electron chi connectivity index (χ0n) is 8.17. The molecule has 1 heterocycles. The summed E-state index contributed by atoms with van der Waals surface area (Å²) in [7, 11) is 0. The molecule has 2 rings (SSSR count). The van der Waals surface area contributed by atoms with Crippen LogP contribution in [0.5, 0.6) is 0 Å². The van der Waals surface area contributed by atoms with E-state index >= 15 is 0 Å². The lowest BCUT2D eigenvalue weighted by Crippen LogP contribution is -2.41. The summed E-state index contributed by atoms with van der Waals surface area (Å²) in [5.74, 6) is 0.834. The zero-order valence-corrected chi connectivity index (χ0v) is 9.76. The van der Waals surface area contributed by atoms with Crippen LogP contribution in [0.4, 0.5) is 0 Å². The van der Waals surface area contributed by atoms with Crippen molar-refractivity contribution in [2.24, 2.45) is 5.92 Å². The SMILES string of the molecule is O=C(CC1CCC1)NC1COCC1Br. The normalized spacial score (nSPS) is 32.6. The van der Waals surface area contributed by atoms with Gasteiger partial charge in [0.15, 0.2) is 0 Å². The van der Waals surface area contributed by atoms with E-state index in [-0.39, 0.29) is 16.8 Å².